The number of hydrogen-bond acceptors (Lipinski definition) is 2. The quantitative estimate of drug-likeness (QED) is 0.121. The summed E-state index contributed by atoms with van der Waals surface area (Å²) in [6.45, 7) is 12.1. The monoisotopic (exact) mass is 454 g/mol. The fraction of sp³-hybridized carbons (Fsp3) is 0.963. The van der Waals surface area contributed by atoms with Crippen LogP contribution in [0.2, 0.25) is 0 Å². The summed E-state index contributed by atoms with van der Waals surface area (Å²) in [5, 5.41) is 9.00. The Balaban J connectivity index is 3.78. The first kappa shape index (κ1) is 30.7. The van der Waals surface area contributed by atoms with Crippen molar-refractivity contribution < 1.29 is 4.57 Å². The Morgan fingerprint density at radius 3 is 1.32 bits per heavy atom. The third-order valence-corrected chi connectivity index (χ3v) is 10.9. The minimum Gasteiger partial charge on any atom is -0.306 e. The molecule has 0 saturated heterocycles. The van der Waals surface area contributed by atoms with Gasteiger partial charge in [-0.2, -0.15) is 5.26 Å². The molecular formula is C27H55N2OP. The first-order chi connectivity index (χ1) is 14.9. The number of unbranched alkanes of at least 4 members (excludes halogenated alkanes) is 15. The number of rotatable bonds is 22. The molecule has 0 N–H and O–H groups in total. The lowest BCUT2D eigenvalue weighted by Gasteiger charge is -2.37. The highest BCUT2D eigenvalue weighted by atomic mass is 31.2. The van der Waals surface area contributed by atoms with Crippen molar-refractivity contribution >= 4 is 7.29 Å². The van der Waals surface area contributed by atoms with Gasteiger partial charge in [-0.05, 0) is 6.42 Å². The molecule has 0 aliphatic rings. The molecule has 0 spiro atoms. The zero-order valence-corrected chi connectivity index (χ0v) is 22.7. The lowest BCUT2D eigenvalue weighted by molar-refractivity contribution is 0.390. The number of nitrogens with zero attached hydrogens (tertiary/aromatic N) is 2. The first-order valence-electron chi connectivity index (χ1n) is 13.6. The summed E-state index contributed by atoms with van der Waals surface area (Å²) in [4.78, 5) is 0. The normalized spacial score (nSPS) is 12.2. The molecule has 0 bridgehead atoms. The molecule has 0 unspecified atom stereocenters. The van der Waals surface area contributed by atoms with E-state index < -0.39 is 7.29 Å². The van der Waals surface area contributed by atoms with Crippen LogP contribution in [0.15, 0.2) is 0 Å². The van der Waals surface area contributed by atoms with Crippen LogP contribution in [0.5, 0.6) is 0 Å². The van der Waals surface area contributed by atoms with Gasteiger partial charge >= 0.3 is 0 Å². The topological polar surface area (TPSA) is 44.1 Å². The van der Waals surface area contributed by atoms with Crippen LogP contribution < -0.4 is 0 Å². The third kappa shape index (κ3) is 14.4. The average Bonchev–Trinajstić information content (AvgIpc) is 2.74. The van der Waals surface area contributed by atoms with Crippen molar-refractivity contribution in [3.05, 3.63) is 0 Å². The van der Waals surface area contributed by atoms with E-state index in [1.54, 1.807) is 0 Å². The first-order valence-corrected chi connectivity index (χ1v) is 15.4. The second-order valence-corrected chi connectivity index (χ2v) is 14.0. The molecule has 0 aliphatic heterocycles. The van der Waals surface area contributed by atoms with Crippen molar-refractivity contribution in [1.82, 2.24) is 4.67 Å². The van der Waals surface area contributed by atoms with Gasteiger partial charge in [0.05, 0.1) is 6.07 Å². The van der Waals surface area contributed by atoms with Crippen molar-refractivity contribution in [2.75, 3.05) is 13.1 Å². The van der Waals surface area contributed by atoms with Gasteiger partial charge in [0.2, 0.25) is 0 Å². The highest BCUT2D eigenvalue weighted by molar-refractivity contribution is 7.62. The van der Waals surface area contributed by atoms with Crippen molar-refractivity contribution in [2.24, 2.45) is 0 Å². The highest BCUT2D eigenvalue weighted by Crippen LogP contribution is 2.58. The smallest absolute Gasteiger partial charge is 0.155 e. The largest absolute Gasteiger partial charge is 0.306 e. The van der Waals surface area contributed by atoms with Crippen molar-refractivity contribution in [2.45, 2.75) is 155 Å². The Kier molecular flexibility index (Phi) is 20.1. The van der Waals surface area contributed by atoms with Gasteiger partial charge in [0.1, 0.15) is 0 Å². The van der Waals surface area contributed by atoms with Gasteiger partial charge in [-0.3, -0.25) is 4.67 Å². The van der Waals surface area contributed by atoms with Gasteiger partial charge in [0, 0.05) is 30.8 Å². The second-order valence-electron chi connectivity index (χ2n) is 10.0. The van der Waals surface area contributed by atoms with Crippen LogP contribution in [-0.2, 0) is 4.57 Å². The van der Waals surface area contributed by atoms with Crippen molar-refractivity contribution in [1.29, 1.82) is 5.26 Å². The Bertz CT molecular complexity index is 472. The second kappa shape index (κ2) is 20.3. The average molecular weight is 455 g/mol. The van der Waals surface area contributed by atoms with E-state index in [-0.39, 0.29) is 11.3 Å². The van der Waals surface area contributed by atoms with E-state index >= 15 is 0 Å². The molecule has 0 rings (SSSR count). The van der Waals surface area contributed by atoms with E-state index in [1.165, 1.54) is 96.3 Å². The molecule has 0 aromatic heterocycles. The molecule has 184 valence electrons. The molecule has 0 amide bonds. The summed E-state index contributed by atoms with van der Waals surface area (Å²) >= 11 is 0. The minimum atomic E-state index is -2.41. The lowest BCUT2D eigenvalue weighted by atomic mass is 10.0. The van der Waals surface area contributed by atoms with E-state index in [1.807, 2.05) is 0 Å². The third-order valence-electron chi connectivity index (χ3n) is 6.67. The highest BCUT2D eigenvalue weighted by Gasteiger charge is 2.36. The molecule has 3 nitrogen and oxygen atoms in total. The molecule has 0 aromatic carbocycles. The zero-order chi connectivity index (χ0) is 23.4. The zero-order valence-electron chi connectivity index (χ0n) is 21.8. The van der Waals surface area contributed by atoms with Crippen LogP contribution in [0, 0.1) is 11.3 Å². The molecule has 0 fully saturated rings. The fourth-order valence-corrected chi connectivity index (χ4v) is 8.06. The maximum absolute atomic E-state index is 13.6. The summed E-state index contributed by atoms with van der Waals surface area (Å²) in [5.41, 5.74) is 0.319. The van der Waals surface area contributed by atoms with Crippen LogP contribution in [-0.4, -0.2) is 29.1 Å². The minimum absolute atomic E-state index is 0.159. The molecule has 0 aromatic rings. The predicted octanol–water partition coefficient (Wildman–Crippen LogP) is 9.56. The van der Waals surface area contributed by atoms with E-state index in [4.69, 9.17) is 5.26 Å². The summed E-state index contributed by atoms with van der Waals surface area (Å²) in [7, 11) is -2.41. The van der Waals surface area contributed by atoms with E-state index in [9.17, 15) is 4.57 Å². The summed E-state index contributed by atoms with van der Waals surface area (Å²) in [5.74, 6) is 0. The fourth-order valence-electron chi connectivity index (χ4n) is 4.70. The standard InChI is InChI=1S/C27H55N2OP/c1-6-7-8-9-10-11-12-13-14-15-16-17-18-19-20-21-24-29(25-22-23-28)31(30,26(2)3)27(4)5/h26-27H,6-22,24-25H2,1-5H3. The molecule has 31 heavy (non-hydrogen) atoms. The predicted molar refractivity (Wildman–Crippen MR) is 139 cm³/mol. The van der Waals surface area contributed by atoms with Gasteiger partial charge in [-0.1, -0.05) is 131 Å². The molecule has 0 saturated carbocycles. The van der Waals surface area contributed by atoms with E-state index in [0.29, 0.717) is 13.0 Å². The Morgan fingerprint density at radius 2 is 1.00 bits per heavy atom. The summed E-state index contributed by atoms with van der Waals surface area (Å²) in [6.07, 6.45) is 22.4. The molecule has 0 radical (unpaired) electrons. The molecule has 4 heteroatoms. The van der Waals surface area contributed by atoms with Gasteiger partial charge in [-0.25, -0.2) is 0 Å². The Hall–Kier alpha value is -0.320. The van der Waals surface area contributed by atoms with Crippen molar-refractivity contribution in [3.63, 3.8) is 0 Å². The SMILES string of the molecule is CCCCCCCCCCCCCCCCCCN(CCC#N)P(=O)(C(C)C)C(C)C. The maximum Gasteiger partial charge on any atom is 0.155 e. The van der Waals surface area contributed by atoms with Crippen LogP contribution in [0.25, 0.3) is 0 Å². The molecule has 0 heterocycles. The van der Waals surface area contributed by atoms with E-state index in [0.717, 1.165) is 13.0 Å². The number of hydrogen-bond donors (Lipinski definition) is 0. The molecule has 0 aliphatic carbocycles. The summed E-state index contributed by atoms with van der Waals surface area (Å²) < 4.78 is 15.8. The van der Waals surface area contributed by atoms with Crippen LogP contribution >= 0.6 is 7.29 Å². The van der Waals surface area contributed by atoms with Gasteiger partial charge < -0.3 is 4.57 Å². The van der Waals surface area contributed by atoms with Crippen LogP contribution in [0.4, 0.5) is 0 Å². The van der Waals surface area contributed by atoms with Gasteiger partial charge in [0.15, 0.2) is 7.29 Å². The number of nitriles is 1. The Morgan fingerprint density at radius 1 is 0.645 bits per heavy atom. The summed E-state index contributed by atoms with van der Waals surface area (Å²) in [6, 6.07) is 2.24. The van der Waals surface area contributed by atoms with E-state index in [2.05, 4.69) is 45.4 Å². The van der Waals surface area contributed by atoms with Crippen LogP contribution in [0.3, 0.4) is 0 Å². The van der Waals surface area contributed by atoms with Crippen molar-refractivity contribution in [3.8, 4) is 6.07 Å². The van der Waals surface area contributed by atoms with Gasteiger partial charge in [-0.15, -0.1) is 0 Å². The molecule has 0 atom stereocenters. The lowest BCUT2D eigenvalue weighted by Crippen LogP contribution is -2.30. The Labute approximate surface area is 196 Å². The van der Waals surface area contributed by atoms with Crippen LogP contribution in [0.1, 0.15) is 144 Å². The van der Waals surface area contributed by atoms with Gasteiger partial charge in [0.25, 0.3) is 0 Å². The maximum atomic E-state index is 13.6. The molecular weight excluding hydrogens is 399 g/mol.